The van der Waals surface area contributed by atoms with Crippen LogP contribution in [0.4, 0.5) is 0 Å². The van der Waals surface area contributed by atoms with Gasteiger partial charge < -0.3 is 1.43 Å². The van der Waals surface area contributed by atoms with E-state index in [1.807, 2.05) is 0 Å². The van der Waals surface area contributed by atoms with Gasteiger partial charge in [-0.1, -0.05) is 0 Å². The summed E-state index contributed by atoms with van der Waals surface area (Å²) in [5.74, 6) is 0. The molecule has 0 saturated carbocycles. The smallest absolute Gasteiger partial charge is 1.00 e. The van der Waals surface area contributed by atoms with E-state index in [-0.39, 0.29) is 31.0 Å². The molecule has 0 aromatic heterocycles. The molecule has 6 heavy (non-hydrogen) atoms. The third-order valence-corrected chi connectivity index (χ3v) is 0. The molecule has 0 amide bonds. The number of halogens is 2. The van der Waals surface area contributed by atoms with Gasteiger partial charge in [0.1, 0.15) is 0 Å². The Morgan fingerprint density at radius 1 is 1.33 bits per heavy atom. The first-order valence-electron chi connectivity index (χ1n) is 0.642. The van der Waals surface area contributed by atoms with E-state index in [0.29, 0.717) is 0 Å². The number of rotatable bonds is 0. The molecule has 0 unspecified atom stereocenters. The van der Waals surface area contributed by atoms with Crippen molar-refractivity contribution >= 4 is 29.6 Å². The number of hydrogen-bond acceptors (Lipinski definition) is 2. The summed E-state index contributed by atoms with van der Waals surface area (Å²) in [4.78, 5) is 0. The van der Waals surface area contributed by atoms with Crippen molar-refractivity contribution in [2.45, 2.75) is 0 Å². The molecule has 0 spiro atoms. The van der Waals surface area contributed by atoms with Gasteiger partial charge in [-0.2, -0.15) is 8.42 Å². The molecule has 0 fully saturated rings. The molecule has 0 atom stereocenters. The average molecular weight is 159 g/mol. The van der Waals surface area contributed by atoms with E-state index >= 15 is 0 Å². The summed E-state index contributed by atoms with van der Waals surface area (Å²) in [6.45, 7) is 0. The zero-order chi connectivity index (χ0) is 4.50. The third kappa shape index (κ3) is 48.5. The van der Waals surface area contributed by atoms with Crippen LogP contribution in [0, 0.1) is 0 Å². The predicted molar refractivity (Wildman–Crippen MR) is 21.7 cm³/mol. The molecule has 0 saturated heterocycles. The molecular formula is HCl2NaO2S. The van der Waals surface area contributed by atoms with Gasteiger partial charge in [-0.15, -0.1) is 0 Å². The standard InChI is InChI=1S/Cl2O2S.Na.H/c1-5(2,3)4;;/q;+1;-1. The minimum atomic E-state index is -3.72. The van der Waals surface area contributed by atoms with Gasteiger partial charge in [-0.3, -0.25) is 0 Å². The zero-order valence-electron chi connectivity index (χ0n) is 3.98. The van der Waals surface area contributed by atoms with E-state index in [0.717, 1.165) is 0 Å². The van der Waals surface area contributed by atoms with Gasteiger partial charge in [0.25, 0.3) is 0 Å². The maximum atomic E-state index is 9.16. The second kappa shape index (κ2) is 3.52. The molecule has 0 heterocycles. The Morgan fingerprint density at radius 2 is 1.33 bits per heavy atom. The van der Waals surface area contributed by atoms with Crippen LogP contribution in [0.5, 0.6) is 0 Å². The summed E-state index contributed by atoms with van der Waals surface area (Å²) in [5.41, 5.74) is 0. The van der Waals surface area contributed by atoms with Crippen molar-refractivity contribution in [1.82, 2.24) is 0 Å². The minimum absolute atomic E-state index is 0. The molecule has 0 aliphatic rings. The second-order valence-corrected chi connectivity index (χ2v) is 4.05. The topological polar surface area (TPSA) is 34.1 Å². The predicted octanol–water partition coefficient (Wildman–Crippen LogP) is -2.17. The maximum absolute atomic E-state index is 9.16. The first-order chi connectivity index (χ1) is 2.00. The van der Waals surface area contributed by atoms with Crippen molar-refractivity contribution < 1.29 is 39.4 Å². The first-order valence-corrected chi connectivity index (χ1v) is 3.78. The van der Waals surface area contributed by atoms with Gasteiger partial charge >= 0.3 is 37.8 Å². The van der Waals surface area contributed by atoms with Crippen LogP contribution in [0.25, 0.3) is 0 Å². The Bertz CT molecular complexity index is 98.9. The van der Waals surface area contributed by atoms with E-state index in [1.54, 1.807) is 0 Å². The van der Waals surface area contributed by atoms with Gasteiger partial charge in [-0.05, 0) is 0 Å². The van der Waals surface area contributed by atoms with Gasteiger partial charge in [-0.25, -0.2) is 0 Å². The van der Waals surface area contributed by atoms with E-state index < -0.39 is 8.26 Å². The fraction of sp³-hybridized carbons (Fsp3) is 0. The fourth-order valence-electron chi connectivity index (χ4n) is 0. The third-order valence-electron chi connectivity index (χ3n) is 0. The monoisotopic (exact) mass is 158 g/mol. The molecule has 6 heteroatoms. The quantitative estimate of drug-likeness (QED) is 0.297. The zero-order valence-corrected chi connectivity index (χ0v) is 7.31. The Kier molecular flexibility index (Phi) is 6.16. The molecule has 0 aromatic carbocycles. The van der Waals surface area contributed by atoms with Crippen LogP contribution in [0.3, 0.4) is 0 Å². The summed E-state index contributed by atoms with van der Waals surface area (Å²) < 4.78 is 18.3. The van der Waals surface area contributed by atoms with Crippen LogP contribution < -0.4 is 29.6 Å². The molecule has 0 rings (SSSR count). The van der Waals surface area contributed by atoms with Crippen LogP contribution >= 0.6 is 21.4 Å². The SMILES string of the molecule is O=S(=O)(Cl)Cl.[H-].[Na+]. The van der Waals surface area contributed by atoms with Crippen molar-refractivity contribution in [3.63, 3.8) is 0 Å². The van der Waals surface area contributed by atoms with Gasteiger partial charge in [0.05, 0.1) is 0 Å². The van der Waals surface area contributed by atoms with Crippen molar-refractivity contribution in [3.05, 3.63) is 0 Å². The van der Waals surface area contributed by atoms with Gasteiger partial charge in [0, 0.05) is 21.4 Å². The summed E-state index contributed by atoms with van der Waals surface area (Å²) >= 11 is 0. The summed E-state index contributed by atoms with van der Waals surface area (Å²) in [5, 5.41) is 0. The molecule has 0 N–H and O–H groups in total. The van der Waals surface area contributed by atoms with Gasteiger partial charge in [0.15, 0.2) is 0 Å². The van der Waals surface area contributed by atoms with E-state index in [1.165, 1.54) is 0 Å². The van der Waals surface area contributed by atoms with Crippen molar-refractivity contribution in [3.8, 4) is 0 Å². The van der Waals surface area contributed by atoms with Crippen LogP contribution in [-0.2, 0) is 8.26 Å². The van der Waals surface area contributed by atoms with Crippen LogP contribution in [0.2, 0.25) is 0 Å². The molecule has 2 nitrogen and oxygen atoms in total. The Morgan fingerprint density at radius 3 is 1.33 bits per heavy atom. The summed E-state index contributed by atoms with van der Waals surface area (Å²) in [6, 6.07) is 0. The van der Waals surface area contributed by atoms with Crippen LogP contribution in [-0.4, -0.2) is 8.42 Å². The van der Waals surface area contributed by atoms with Crippen molar-refractivity contribution in [1.29, 1.82) is 0 Å². The average Bonchev–Trinajstić information content (AvgIpc) is 0.722. The number of hydrogen-bond donors (Lipinski definition) is 0. The van der Waals surface area contributed by atoms with Crippen LogP contribution in [0.15, 0.2) is 0 Å². The summed E-state index contributed by atoms with van der Waals surface area (Å²) in [6.07, 6.45) is 0. The molecule has 0 aliphatic carbocycles. The molecule has 0 radical (unpaired) electrons. The molecule has 34 valence electrons. The Labute approximate surface area is 68.5 Å². The van der Waals surface area contributed by atoms with E-state index in [4.69, 9.17) is 8.42 Å². The second-order valence-electron chi connectivity index (χ2n) is 0.378. The maximum Gasteiger partial charge on any atom is 1.00 e. The molecular weight excluding hydrogens is 158 g/mol. The normalized spacial score (nSPS) is 9.67. The fourth-order valence-corrected chi connectivity index (χ4v) is 0. The van der Waals surface area contributed by atoms with Gasteiger partial charge in [0.2, 0.25) is 0 Å². The van der Waals surface area contributed by atoms with Crippen LogP contribution in [0.1, 0.15) is 1.43 Å². The Balaban J connectivity index is -0.0000000800. The largest absolute Gasteiger partial charge is 1.00 e. The van der Waals surface area contributed by atoms with Crippen molar-refractivity contribution in [2.24, 2.45) is 0 Å². The Hall–Kier alpha value is 1.53. The van der Waals surface area contributed by atoms with E-state index in [2.05, 4.69) is 21.4 Å². The van der Waals surface area contributed by atoms with Crippen molar-refractivity contribution in [2.75, 3.05) is 0 Å². The molecule has 0 aromatic rings. The van der Waals surface area contributed by atoms with E-state index in [9.17, 15) is 0 Å². The minimum Gasteiger partial charge on any atom is -1.00 e. The molecule has 0 bridgehead atoms. The molecule has 0 aliphatic heterocycles. The summed E-state index contributed by atoms with van der Waals surface area (Å²) in [7, 11) is 4.81. The first kappa shape index (κ1) is 10.5.